The molecule has 24 heavy (non-hydrogen) atoms. The van der Waals surface area contributed by atoms with Crippen LogP contribution in [0, 0.1) is 6.92 Å². The van der Waals surface area contributed by atoms with E-state index in [9.17, 15) is 4.39 Å². The van der Waals surface area contributed by atoms with Gasteiger partial charge >= 0.3 is 0 Å². The van der Waals surface area contributed by atoms with Gasteiger partial charge in [-0.2, -0.15) is 0 Å². The highest BCUT2D eigenvalue weighted by Crippen LogP contribution is 2.29. The third kappa shape index (κ3) is 4.32. The Morgan fingerprint density at radius 1 is 1.17 bits per heavy atom. The summed E-state index contributed by atoms with van der Waals surface area (Å²) in [6, 6.07) is 4.40. The van der Waals surface area contributed by atoms with Crippen LogP contribution < -0.4 is 0 Å². The normalized spacial score (nSPS) is 12.9. The molecule has 2 rings (SSSR count). The SMILES string of the molecule is CC/C(F)=C\C=C(/CC)Cc1cnc2c(CC)c(Br)cc(C)c2c1. The first-order chi connectivity index (χ1) is 11.5. The third-order valence-electron chi connectivity index (χ3n) is 4.36. The van der Waals surface area contributed by atoms with Crippen molar-refractivity contribution in [3.05, 3.63) is 63.0 Å². The second kappa shape index (κ2) is 8.57. The molecule has 3 heteroatoms. The maximum absolute atomic E-state index is 13.3. The topological polar surface area (TPSA) is 12.9 Å². The van der Waals surface area contributed by atoms with Gasteiger partial charge in [0, 0.05) is 16.1 Å². The minimum Gasteiger partial charge on any atom is -0.256 e. The number of hydrogen-bond acceptors (Lipinski definition) is 1. The van der Waals surface area contributed by atoms with Crippen LogP contribution in [0.1, 0.15) is 50.3 Å². The summed E-state index contributed by atoms with van der Waals surface area (Å²) in [7, 11) is 0. The van der Waals surface area contributed by atoms with E-state index in [-0.39, 0.29) is 5.83 Å². The Morgan fingerprint density at radius 3 is 2.54 bits per heavy atom. The maximum atomic E-state index is 13.3. The maximum Gasteiger partial charge on any atom is 0.0996 e. The number of allylic oxidation sites excluding steroid dienone is 4. The smallest absolute Gasteiger partial charge is 0.0996 e. The van der Waals surface area contributed by atoms with Crippen LogP contribution in [-0.2, 0) is 12.8 Å². The number of aryl methyl sites for hydroxylation is 2. The number of hydrogen-bond donors (Lipinski definition) is 0. The Bertz CT molecular complexity index is 790. The molecule has 1 aromatic carbocycles. The molecule has 128 valence electrons. The predicted molar refractivity (Wildman–Crippen MR) is 105 cm³/mol. The van der Waals surface area contributed by atoms with E-state index in [0.29, 0.717) is 6.42 Å². The molecule has 0 bridgehead atoms. The fourth-order valence-electron chi connectivity index (χ4n) is 2.84. The van der Waals surface area contributed by atoms with Crippen molar-refractivity contribution < 1.29 is 4.39 Å². The molecule has 0 saturated heterocycles. The molecule has 0 unspecified atom stereocenters. The van der Waals surface area contributed by atoms with Crippen LogP contribution in [-0.4, -0.2) is 4.98 Å². The van der Waals surface area contributed by atoms with E-state index in [1.165, 1.54) is 27.6 Å². The predicted octanol–water partition coefficient (Wildman–Crippen LogP) is 7.01. The van der Waals surface area contributed by atoms with Gasteiger partial charge in [0.25, 0.3) is 0 Å². The highest BCUT2D eigenvalue weighted by Gasteiger charge is 2.10. The van der Waals surface area contributed by atoms with E-state index in [4.69, 9.17) is 4.98 Å². The molecule has 1 aromatic heterocycles. The Morgan fingerprint density at radius 2 is 1.92 bits per heavy atom. The van der Waals surface area contributed by atoms with E-state index >= 15 is 0 Å². The lowest BCUT2D eigenvalue weighted by atomic mass is 9.98. The Hall–Kier alpha value is -1.48. The molecule has 0 fully saturated rings. The third-order valence-corrected chi connectivity index (χ3v) is 5.07. The fourth-order valence-corrected chi connectivity index (χ4v) is 3.65. The summed E-state index contributed by atoms with van der Waals surface area (Å²) in [6.07, 6.45) is 8.56. The van der Waals surface area contributed by atoms with Crippen molar-refractivity contribution in [1.29, 1.82) is 0 Å². The minimum absolute atomic E-state index is 0.0779. The van der Waals surface area contributed by atoms with Crippen LogP contribution in [0.5, 0.6) is 0 Å². The number of rotatable bonds is 6. The average Bonchev–Trinajstić information content (AvgIpc) is 2.58. The number of halogens is 2. The average molecular weight is 390 g/mol. The van der Waals surface area contributed by atoms with Gasteiger partial charge in [0.1, 0.15) is 0 Å². The van der Waals surface area contributed by atoms with Crippen molar-refractivity contribution in [2.75, 3.05) is 0 Å². The molecule has 0 aliphatic heterocycles. The molecule has 1 heterocycles. The van der Waals surface area contributed by atoms with Crippen LogP contribution >= 0.6 is 15.9 Å². The summed E-state index contributed by atoms with van der Waals surface area (Å²) < 4.78 is 14.5. The van der Waals surface area contributed by atoms with Gasteiger partial charge in [0.05, 0.1) is 11.3 Å². The second-order valence-electron chi connectivity index (χ2n) is 6.07. The van der Waals surface area contributed by atoms with E-state index in [1.807, 2.05) is 19.2 Å². The lowest BCUT2D eigenvalue weighted by Gasteiger charge is -2.12. The van der Waals surface area contributed by atoms with E-state index < -0.39 is 0 Å². The molecular formula is C21H25BrFN. The minimum atomic E-state index is -0.0779. The first-order valence-corrected chi connectivity index (χ1v) is 9.40. The lowest BCUT2D eigenvalue weighted by molar-refractivity contribution is 0.604. The van der Waals surface area contributed by atoms with Crippen molar-refractivity contribution >= 4 is 26.8 Å². The monoisotopic (exact) mass is 389 g/mol. The summed E-state index contributed by atoms with van der Waals surface area (Å²) in [6.45, 7) is 8.20. The van der Waals surface area contributed by atoms with Crippen LogP contribution in [0.25, 0.3) is 10.9 Å². The molecule has 1 nitrogen and oxygen atoms in total. The molecule has 2 aromatic rings. The van der Waals surface area contributed by atoms with Crippen LogP contribution in [0.3, 0.4) is 0 Å². The zero-order chi connectivity index (χ0) is 17.7. The molecule has 0 atom stereocenters. The first-order valence-electron chi connectivity index (χ1n) is 8.60. The fraction of sp³-hybridized carbons (Fsp3) is 0.381. The van der Waals surface area contributed by atoms with Crippen LogP contribution in [0.15, 0.2) is 46.4 Å². The summed E-state index contributed by atoms with van der Waals surface area (Å²) >= 11 is 3.65. The Balaban J connectivity index is 2.40. The Kier molecular flexibility index (Phi) is 6.73. The quantitative estimate of drug-likeness (QED) is 0.484. The molecule has 0 saturated carbocycles. The van der Waals surface area contributed by atoms with Gasteiger partial charge in [0.2, 0.25) is 0 Å². The molecule has 0 radical (unpaired) electrons. The summed E-state index contributed by atoms with van der Waals surface area (Å²) in [5.74, 6) is -0.0779. The summed E-state index contributed by atoms with van der Waals surface area (Å²) in [5.41, 5.74) is 5.94. The van der Waals surface area contributed by atoms with Gasteiger partial charge in [-0.15, -0.1) is 0 Å². The highest BCUT2D eigenvalue weighted by atomic mass is 79.9. The van der Waals surface area contributed by atoms with Crippen molar-refractivity contribution in [2.45, 2.75) is 53.4 Å². The number of nitrogens with zero attached hydrogens (tertiary/aromatic N) is 1. The Labute approximate surface area is 152 Å². The standard InChI is InChI=1S/C21H25BrFN/c1-5-15(8-9-17(23)6-2)11-16-12-19-14(4)10-20(22)18(7-3)21(19)24-13-16/h8-10,12-13H,5-7,11H2,1-4H3/b15-8+,17-9+. The van der Waals surface area contributed by atoms with Gasteiger partial charge in [-0.1, -0.05) is 48.4 Å². The zero-order valence-corrected chi connectivity index (χ0v) is 16.5. The second-order valence-corrected chi connectivity index (χ2v) is 6.92. The number of pyridine rings is 1. The van der Waals surface area contributed by atoms with Crippen LogP contribution in [0.2, 0.25) is 0 Å². The largest absolute Gasteiger partial charge is 0.256 e. The van der Waals surface area contributed by atoms with Crippen molar-refractivity contribution in [2.24, 2.45) is 0 Å². The molecule has 0 spiro atoms. The van der Waals surface area contributed by atoms with Gasteiger partial charge in [-0.05, 0) is 67.5 Å². The number of benzene rings is 1. The van der Waals surface area contributed by atoms with Gasteiger partial charge in [0.15, 0.2) is 0 Å². The molecule has 0 aliphatic rings. The summed E-state index contributed by atoms with van der Waals surface area (Å²) in [4.78, 5) is 4.73. The molecule has 0 aliphatic carbocycles. The molecular weight excluding hydrogens is 365 g/mol. The van der Waals surface area contributed by atoms with E-state index in [2.05, 4.69) is 48.8 Å². The molecule has 0 N–H and O–H groups in total. The number of aromatic nitrogens is 1. The lowest BCUT2D eigenvalue weighted by Crippen LogP contribution is -1.96. The van der Waals surface area contributed by atoms with Crippen molar-refractivity contribution in [3.8, 4) is 0 Å². The first kappa shape index (κ1) is 18.9. The van der Waals surface area contributed by atoms with Crippen LogP contribution in [0.4, 0.5) is 4.39 Å². The van der Waals surface area contributed by atoms with Crippen molar-refractivity contribution in [1.82, 2.24) is 4.98 Å². The van der Waals surface area contributed by atoms with Crippen molar-refractivity contribution in [3.63, 3.8) is 0 Å². The van der Waals surface area contributed by atoms with Gasteiger partial charge in [-0.3, -0.25) is 4.98 Å². The summed E-state index contributed by atoms with van der Waals surface area (Å²) in [5, 5.41) is 1.21. The zero-order valence-electron chi connectivity index (χ0n) is 14.9. The number of fused-ring (bicyclic) bond motifs is 1. The van der Waals surface area contributed by atoms with Gasteiger partial charge < -0.3 is 0 Å². The molecule has 0 amide bonds. The van der Waals surface area contributed by atoms with Gasteiger partial charge in [-0.25, -0.2) is 4.39 Å². The highest BCUT2D eigenvalue weighted by molar-refractivity contribution is 9.10. The van der Waals surface area contributed by atoms with E-state index in [0.717, 1.165) is 29.3 Å². The van der Waals surface area contributed by atoms with E-state index in [1.54, 1.807) is 6.08 Å².